The van der Waals surface area contributed by atoms with Crippen LogP contribution in [0.2, 0.25) is 0 Å². The standard InChI is InChI=1S/C14H15NO4/c1-8-7-10(8)13(16)15-5-6-19-12-9(14(17)18)3-2-4-11(12)15/h2-4,8,10H,5-7H2,1H3,(H,17,18). The first-order chi connectivity index (χ1) is 9.09. The van der Waals surface area contributed by atoms with E-state index in [1.165, 1.54) is 6.07 Å². The molecule has 19 heavy (non-hydrogen) atoms. The second-order valence-corrected chi connectivity index (χ2v) is 5.12. The first kappa shape index (κ1) is 12.0. The number of fused-ring (bicyclic) bond motifs is 1. The van der Waals surface area contributed by atoms with E-state index >= 15 is 0 Å². The summed E-state index contributed by atoms with van der Waals surface area (Å²) in [6, 6.07) is 4.88. The van der Waals surface area contributed by atoms with E-state index in [2.05, 4.69) is 6.92 Å². The van der Waals surface area contributed by atoms with Gasteiger partial charge in [0.2, 0.25) is 5.91 Å². The monoisotopic (exact) mass is 261 g/mol. The summed E-state index contributed by atoms with van der Waals surface area (Å²) in [7, 11) is 0. The van der Waals surface area contributed by atoms with Gasteiger partial charge < -0.3 is 14.7 Å². The van der Waals surface area contributed by atoms with E-state index < -0.39 is 5.97 Å². The van der Waals surface area contributed by atoms with Crippen molar-refractivity contribution in [3.63, 3.8) is 0 Å². The van der Waals surface area contributed by atoms with Crippen LogP contribution in [-0.2, 0) is 4.79 Å². The summed E-state index contributed by atoms with van der Waals surface area (Å²) in [6.07, 6.45) is 0.921. The van der Waals surface area contributed by atoms with Crippen molar-refractivity contribution in [3.05, 3.63) is 23.8 Å². The normalized spacial score (nSPS) is 24.4. The average molecular weight is 261 g/mol. The molecular formula is C14H15NO4. The fourth-order valence-corrected chi connectivity index (χ4v) is 2.51. The third-order valence-corrected chi connectivity index (χ3v) is 3.77. The first-order valence-electron chi connectivity index (χ1n) is 6.40. The highest BCUT2D eigenvalue weighted by Gasteiger charge is 2.43. The summed E-state index contributed by atoms with van der Waals surface area (Å²) in [5.41, 5.74) is 0.689. The van der Waals surface area contributed by atoms with Gasteiger partial charge in [-0.3, -0.25) is 4.79 Å². The molecule has 0 aromatic heterocycles. The predicted molar refractivity (Wildman–Crippen MR) is 68.5 cm³/mol. The third kappa shape index (κ3) is 1.95. The van der Waals surface area contributed by atoms with Crippen LogP contribution in [0, 0.1) is 11.8 Å². The lowest BCUT2D eigenvalue weighted by atomic mass is 10.1. The minimum atomic E-state index is -1.04. The molecule has 0 saturated heterocycles. The molecule has 3 rings (SSSR count). The Kier molecular flexibility index (Phi) is 2.69. The molecule has 2 atom stereocenters. The number of nitrogens with zero attached hydrogens (tertiary/aromatic N) is 1. The number of para-hydroxylation sites is 1. The van der Waals surface area contributed by atoms with Crippen molar-refractivity contribution in [3.8, 4) is 5.75 Å². The van der Waals surface area contributed by atoms with Gasteiger partial charge in [0.25, 0.3) is 0 Å². The molecule has 1 heterocycles. The van der Waals surface area contributed by atoms with Crippen molar-refractivity contribution in [1.82, 2.24) is 0 Å². The van der Waals surface area contributed by atoms with Crippen LogP contribution < -0.4 is 9.64 Å². The Balaban J connectivity index is 1.98. The molecule has 0 radical (unpaired) electrons. The number of carbonyl (C=O) groups excluding carboxylic acids is 1. The number of hydrogen-bond acceptors (Lipinski definition) is 3. The van der Waals surface area contributed by atoms with Crippen molar-refractivity contribution in [2.75, 3.05) is 18.1 Å². The van der Waals surface area contributed by atoms with E-state index in [9.17, 15) is 9.59 Å². The van der Waals surface area contributed by atoms with Crippen LogP contribution in [0.4, 0.5) is 5.69 Å². The van der Waals surface area contributed by atoms with Gasteiger partial charge in [-0.05, 0) is 24.5 Å². The molecule has 1 N–H and O–H groups in total. The molecule has 0 spiro atoms. The van der Waals surface area contributed by atoms with Gasteiger partial charge in [-0.15, -0.1) is 0 Å². The second-order valence-electron chi connectivity index (χ2n) is 5.12. The largest absolute Gasteiger partial charge is 0.489 e. The summed E-state index contributed by atoms with van der Waals surface area (Å²) in [4.78, 5) is 25.2. The molecule has 1 aromatic rings. The van der Waals surface area contributed by atoms with Gasteiger partial charge in [-0.25, -0.2) is 4.79 Å². The zero-order valence-electron chi connectivity index (χ0n) is 10.6. The maximum atomic E-state index is 12.3. The van der Waals surface area contributed by atoms with Crippen LogP contribution in [0.15, 0.2) is 18.2 Å². The average Bonchev–Trinajstić information content (AvgIpc) is 3.13. The van der Waals surface area contributed by atoms with Crippen LogP contribution in [0.5, 0.6) is 5.75 Å². The maximum Gasteiger partial charge on any atom is 0.339 e. The van der Waals surface area contributed by atoms with Crippen LogP contribution in [-0.4, -0.2) is 30.1 Å². The molecule has 1 aliphatic heterocycles. The molecule has 5 heteroatoms. The summed E-state index contributed by atoms with van der Waals surface area (Å²) < 4.78 is 5.45. The minimum absolute atomic E-state index is 0.0828. The van der Waals surface area contributed by atoms with Gasteiger partial charge in [-0.2, -0.15) is 0 Å². The topological polar surface area (TPSA) is 66.8 Å². The number of carbonyl (C=O) groups is 2. The molecular weight excluding hydrogens is 246 g/mol. The number of benzene rings is 1. The molecule has 1 amide bonds. The third-order valence-electron chi connectivity index (χ3n) is 3.77. The van der Waals surface area contributed by atoms with Crippen LogP contribution in [0.3, 0.4) is 0 Å². The molecule has 2 aliphatic rings. The zero-order chi connectivity index (χ0) is 13.6. The summed E-state index contributed by atoms with van der Waals surface area (Å²) in [5.74, 6) is -0.130. The Morgan fingerprint density at radius 1 is 1.42 bits per heavy atom. The van der Waals surface area contributed by atoms with E-state index in [4.69, 9.17) is 9.84 Å². The number of hydrogen-bond donors (Lipinski definition) is 1. The Hall–Kier alpha value is -2.04. The Morgan fingerprint density at radius 2 is 2.16 bits per heavy atom. The summed E-state index contributed by atoms with van der Waals surface area (Å²) >= 11 is 0. The van der Waals surface area contributed by atoms with Gasteiger partial charge in [0.1, 0.15) is 12.2 Å². The fraction of sp³-hybridized carbons (Fsp3) is 0.429. The number of aromatic carboxylic acids is 1. The van der Waals surface area contributed by atoms with Crippen LogP contribution in [0.25, 0.3) is 0 Å². The number of anilines is 1. The lowest BCUT2D eigenvalue weighted by Gasteiger charge is -2.30. The maximum absolute atomic E-state index is 12.3. The van der Waals surface area contributed by atoms with Crippen molar-refractivity contribution in [2.45, 2.75) is 13.3 Å². The van der Waals surface area contributed by atoms with E-state index in [1.807, 2.05) is 0 Å². The molecule has 1 aliphatic carbocycles. The van der Waals surface area contributed by atoms with Crippen LogP contribution in [0.1, 0.15) is 23.7 Å². The smallest absolute Gasteiger partial charge is 0.339 e. The highest BCUT2D eigenvalue weighted by atomic mass is 16.5. The lowest BCUT2D eigenvalue weighted by molar-refractivity contribution is -0.120. The molecule has 5 nitrogen and oxygen atoms in total. The summed E-state index contributed by atoms with van der Waals surface area (Å²) in [6.45, 7) is 2.87. The van der Waals surface area contributed by atoms with E-state index in [0.29, 0.717) is 30.5 Å². The number of carboxylic acid groups (broad SMARTS) is 1. The fourth-order valence-electron chi connectivity index (χ4n) is 2.51. The van der Waals surface area contributed by atoms with Gasteiger partial charge in [0.15, 0.2) is 5.75 Å². The highest BCUT2D eigenvalue weighted by molar-refractivity contribution is 6.01. The minimum Gasteiger partial charge on any atom is -0.489 e. The Bertz CT molecular complexity index is 554. The highest BCUT2D eigenvalue weighted by Crippen LogP contribution is 2.42. The Labute approximate surface area is 110 Å². The van der Waals surface area contributed by atoms with E-state index in [0.717, 1.165) is 6.42 Å². The molecule has 2 unspecified atom stereocenters. The predicted octanol–water partition coefficient (Wildman–Crippen LogP) is 1.77. The molecule has 1 fully saturated rings. The van der Waals surface area contributed by atoms with E-state index in [-0.39, 0.29) is 17.4 Å². The van der Waals surface area contributed by atoms with E-state index in [1.54, 1.807) is 17.0 Å². The number of carboxylic acids is 1. The quantitative estimate of drug-likeness (QED) is 0.881. The Morgan fingerprint density at radius 3 is 2.79 bits per heavy atom. The van der Waals surface area contributed by atoms with Crippen molar-refractivity contribution < 1.29 is 19.4 Å². The SMILES string of the molecule is CC1CC1C(=O)N1CCOc2c(C(=O)O)cccc21. The van der Waals surface area contributed by atoms with Gasteiger partial charge in [-0.1, -0.05) is 13.0 Å². The zero-order valence-corrected chi connectivity index (χ0v) is 10.6. The van der Waals surface area contributed by atoms with Gasteiger partial charge >= 0.3 is 5.97 Å². The molecule has 1 saturated carbocycles. The number of rotatable bonds is 2. The van der Waals surface area contributed by atoms with Gasteiger partial charge in [0.05, 0.1) is 12.2 Å². The first-order valence-corrected chi connectivity index (χ1v) is 6.40. The molecule has 100 valence electrons. The number of ether oxygens (including phenoxy) is 1. The second kappa shape index (κ2) is 4.26. The van der Waals surface area contributed by atoms with Crippen molar-refractivity contribution in [1.29, 1.82) is 0 Å². The lowest BCUT2D eigenvalue weighted by Crippen LogP contribution is -2.39. The molecule has 0 bridgehead atoms. The molecule has 1 aromatic carbocycles. The van der Waals surface area contributed by atoms with Crippen LogP contribution >= 0.6 is 0 Å². The van der Waals surface area contributed by atoms with Crippen molar-refractivity contribution >= 4 is 17.6 Å². The van der Waals surface area contributed by atoms with Crippen molar-refractivity contribution in [2.24, 2.45) is 11.8 Å². The van der Waals surface area contributed by atoms with Gasteiger partial charge in [0, 0.05) is 5.92 Å². The summed E-state index contributed by atoms with van der Waals surface area (Å²) in [5, 5.41) is 9.15. The number of amides is 1.